The van der Waals surface area contributed by atoms with Gasteiger partial charge in [-0.3, -0.25) is 19.3 Å². The number of nitrogens with zero attached hydrogens (tertiary/aromatic N) is 12. The van der Waals surface area contributed by atoms with E-state index in [2.05, 4.69) is 97.3 Å². The highest BCUT2D eigenvalue weighted by Gasteiger charge is 2.46. The third kappa shape index (κ3) is 7.74. The first kappa shape index (κ1) is 58.1. The number of carbonyl (C=O) groups excluding carboxylic acids is 2. The van der Waals surface area contributed by atoms with Gasteiger partial charge in [0.05, 0.1) is 79.1 Å². The normalized spacial score (nSPS) is 16.6. The van der Waals surface area contributed by atoms with Gasteiger partial charge in [0.25, 0.3) is 5.70 Å². The van der Waals surface area contributed by atoms with Gasteiger partial charge in [0.15, 0.2) is 22.9 Å². The lowest BCUT2D eigenvalue weighted by Crippen LogP contribution is -2.16. The number of benzene rings is 4. The number of rotatable bonds is 6. The summed E-state index contributed by atoms with van der Waals surface area (Å²) in [6, 6.07) is 28.8. The van der Waals surface area contributed by atoms with Gasteiger partial charge < -0.3 is 4.74 Å². The Kier molecular flexibility index (Phi) is 12.5. The summed E-state index contributed by atoms with van der Waals surface area (Å²) < 4.78 is 26.1. The molecule has 0 bridgehead atoms. The first-order valence-corrected chi connectivity index (χ1v) is 34.2. The average molecular weight is 1340 g/mol. The van der Waals surface area contributed by atoms with E-state index in [4.69, 9.17) is 48.5 Å². The SMILES string of the molecule is [C-]#[N+]/C(C#N)=C1/C(=C/c2cc3c(s2)-c2cc4c(cc2C3(C)C)-c2sc(-c3c5c(c(-c6cc7c(s6)-c6sc(-c8sc(/C=C9\C(=O)c%10cc([N+]#[C-])c(C#N)cc%10C9=C(C#N)C#N)cc8OC)cc6C7(C)C)c6nsnc36)N=S=N5)cc2C4(C)C)C(=O)c2cc([N+]#[C-])c([N+]#[C-])cc21. The third-order valence-electron chi connectivity index (χ3n) is 18.7. The van der Waals surface area contributed by atoms with Gasteiger partial charge in [0, 0.05) is 105 Å². The Labute approximate surface area is 564 Å². The van der Waals surface area contributed by atoms with E-state index in [1.165, 1.54) is 96.9 Å². The molecule has 442 valence electrons. The molecule has 5 aliphatic carbocycles. The summed E-state index contributed by atoms with van der Waals surface area (Å²) >= 11 is 10.4. The van der Waals surface area contributed by atoms with Crippen molar-refractivity contribution in [3.05, 3.63) is 206 Å². The molecular formula is C72H34N12O3S7. The highest BCUT2D eigenvalue weighted by atomic mass is 32.1. The van der Waals surface area contributed by atoms with Crippen LogP contribution in [0.25, 0.3) is 115 Å². The lowest BCUT2D eigenvalue weighted by Gasteiger charge is -2.24. The van der Waals surface area contributed by atoms with Gasteiger partial charge in [-0.1, -0.05) is 53.7 Å². The van der Waals surface area contributed by atoms with E-state index in [1.807, 2.05) is 30.3 Å². The third-order valence-corrected chi connectivity index (χ3v) is 25.8. The molecule has 6 aromatic heterocycles. The molecule has 0 saturated carbocycles. The molecule has 16 rings (SSSR count). The molecule has 0 amide bonds. The van der Waals surface area contributed by atoms with Gasteiger partial charge in [0.2, 0.25) is 5.69 Å². The van der Waals surface area contributed by atoms with Gasteiger partial charge in [-0.25, -0.2) is 15.0 Å². The minimum atomic E-state index is -0.455. The lowest BCUT2D eigenvalue weighted by molar-refractivity contribution is 0.103. The van der Waals surface area contributed by atoms with E-state index < -0.39 is 27.8 Å². The molecule has 6 aliphatic rings. The summed E-state index contributed by atoms with van der Waals surface area (Å²) in [5.41, 5.74) is 14.0. The second kappa shape index (κ2) is 20.3. The first-order chi connectivity index (χ1) is 45.3. The summed E-state index contributed by atoms with van der Waals surface area (Å²) in [6.07, 6.45) is 3.40. The van der Waals surface area contributed by atoms with Gasteiger partial charge in [0.1, 0.15) is 45.9 Å². The highest BCUT2D eigenvalue weighted by Crippen LogP contribution is 2.65. The minimum Gasteiger partial charge on any atom is -0.495 e. The zero-order valence-corrected chi connectivity index (χ0v) is 55.7. The van der Waals surface area contributed by atoms with E-state index in [-0.39, 0.29) is 72.9 Å². The van der Waals surface area contributed by atoms with E-state index in [9.17, 15) is 30.6 Å². The Morgan fingerprint density at radius 2 is 0.979 bits per heavy atom. The van der Waals surface area contributed by atoms with Crippen LogP contribution in [0, 0.1) is 71.6 Å². The Bertz CT molecular complexity index is 5990. The molecule has 7 heterocycles. The van der Waals surface area contributed by atoms with Crippen molar-refractivity contribution in [1.82, 2.24) is 8.75 Å². The van der Waals surface area contributed by atoms with Crippen LogP contribution in [-0.4, -0.2) is 27.4 Å². The zero-order valence-electron chi connectivity index (χ0n) is 50.0. The van der Waals surface area contributed by atoms with Gasteiger partial charge >= 0.3 is 0 Å². The van der Waals surface area contributed by atoms with Crippen molar-refractivity contribution in [2.75, 3.05) is 7.11 Å². The Morgan fingerprint density at radius 3 is 1.52 bits per heavy atom. The highest BCUT2D eigenvalue weighted by molar-refractivity contribution is 7.58. The van der Waals surface area contributed by atoms with Crippen LogP contribution in [0.4, 0.5) is 28.4 Å². The van der Waals surface area contributed by atoms with Crippen LogP contribution in [0.5, 0.6) is 5.75 Å². The van der Waals surface area contributed by atoms with Crippen LogP contribution < -0.4 is 4.74 Å². The van der Waals surface area contributed by atoms with Crippen molar-refractivity contribution in [2.24, 2.45) is 8.73 Å². The molecule has 0 spiro atoms. The zero-order chi connectivity index (χ0) is 65.5. The van der Waals surface area contributed by atoms with E-state index in [0.29, 0.717) is 16.2 Å². The number of carbonyl (C=O) groups is 2. The molecule has 0 unspecified atom stereocenters. The van der Waals surface area contributed by atoms with E-state index in [0.717, 1.165) is 83.7 Å². The number of fused-ring (bicyclic) bond motifs is 13. The van der Waals surface area contributed by atoms with Crippen LogP contribution in [0.2, 0.25) is 0 Å². The number of hydrogen-bond acceptors (Lipinski definition) is 17. The maximum Gasteiger partial charge on any atom is 0.270 e. The fraction of sp³-hybridized carbons (Fsp3) is 0.139. The molecular weight excluding hydrogens is 1310 g/mol. The Balaban J connectivity index is 0.737. The number of hydrogen-bond donors (Lipinski definition) is 0. The topological polar surface area (TPSA) is 206 Å². The molecule has 10 aromatic rings. The van der Waals surface area contributed by atoms with E-state index in [1.54, 1.807) is 64.6 Å². The molecule has 4 aromatic carbocycles. The summed E-state index contributed by atoms with van der Waals surface area (Å²) in [5, 5.41) is 40.0. The Morgan fingerprint density at radius 1 is 0.511 bits per heavy atom. The average Bonchev–Trinajstić information content (AvgIpc) is 1.54. The first-order valence-electron chi connectivity index (χ1n) is 28.6. The number of allylic oxidation sites excluding steroid dienone is 6. The summed E-state index contributed by atoms with van der Waals surface area (Å²) in [5.74, 6) is -0.270. The van der Waals surface area contributed by atoms with Crippen molar-refractivity contribution in [3.8, 4) is 91.3 Å². The van der Waals surface area contributed by atoms with E-state index >= 15 is 0 Å². The minimum absolute atomic E-state index is 0.00985. The second-order valence-electron chi connectivity index (χ2n) is 24.4. The van der Waals surface area contributed by atoms with Crippen molar-refractivity contribution < 1.29 is 14.3 Å². The molecule has 22 heteroatoms. The number of ether oxygens (including phenoxy) is 1. The van der Waals surface area contributed by atoms with Crippen LogP contribution in [0.3, 0.4) is 0 Å². The van der Waals surface area contributed by atoms with Crippen LogP contribution in [-0.2, 0) is 27.6 Å². The van der Waals surface area contributed by atoms with Crippen molar-refractivity contribution in [2.45, 2.75) is 57.8 Å². The molecule has 0 atom stereocenters. The van der Waals surface area contributed by atoms with Gasteiger partial charge in [-0.2, -0.15) is 33.3 Å². The molecule has 0 saturated heterocycles. The van der Waals surface area contributed by atoms with Crippen LogP contribution >= 0.6 is 68.4 Å². The molecule has 94 heavy (non-hydrogen) atoms. The number of ketones is 2. The standard InChI is InChI=1S/C72H34N12O3S7/c1-70(2)41-18-38-42(17-37(41)65-43(70)15-31(88-65)13-40-56(50(28-76)80-10)34-19-48(78-8)49(79-9)21-36(34)64(40)86)71(3,4)44-22-52(90-66(38)44)57-59-61(83-93-81-59)58(62-60(57)82-94-84-62)53-23-45-67(91-53)68-46(72(45,5)6)24-54(92-68)69-51(87-11)16-32(89-69)14-39-55(30(26-74)27-75)33-12-29(25-73)47(77-7)20-35(33)63(39)85/h12-24H,1-6,11H3/b39-14-,40-13-,56-50+. The summed E-state index contributed by atoms with van der Waals surface area (Å²) in [6.45, 7) is 44.2. The predicted octanol–water partition coefficient (Wildman–Crippen LogP) is 20.7. The number of thiophene rings is 5. The number of nitriles is 4. The molecule has 0 fully saturated rings. The lowest BCUT2D eigenvalue weighted by atomic mass is 9.79. The second-order valence-corrected chi connectivity index (χ2v) is 30.8. The molecule has 15 nitrogen and oxygen atoms in total. The quantitative estimate of drug-likeness (QED) is 0.0880. The monoisotopic (exact) mass is 1340 g/mol. The largest absolute Gasteiger partial charge is 0.495 e. The smallest absolute Gasteiger partial charge is 0.270 e. The fourth-order valence-corrected chi connectivity index (χ4v) is 21.9. The van der Waals surface area contributed by atoms with Crippen molar-refractivity contribution in [3.63, 3.8) is 0 Å². The maximum absolute atomic E-state index is 14.2. The van der Waals surface area contributed by atoms with Crippen LogP contribution in [0.1, 0.15) is 122 Å². The van der Waals surface area contributed by atoms with Crippen molar-refractivity contribution in [1.29, 1.82) is 21.0 Å². The van der Waals surface area contributed by atoms with Crippen molar-refractivity contribution >= 4 is 154 Å². The molecule has 0 radical (unpaired) electrons. The molecule has 1 aliphatic heterocycles. The molecule has 0 N–H and O–H groups in total. The number of methoxy groups -OCH3 is 1. The number of Topliss-reactive ketones (excluding diaryl/α,β-unsaturated/α-hetero) is 2. The van der Waals surface area contributed by atoms with Gasteiger partial charge in [-0.05, 0) is 122 Å². The number of aromatic nitrogens is 2. The van der Waals surface area contributed by atoms with Crippen LogP contribution in [0.15, 0.2) is 97.9 Å². The fourth-order valence-electron chi connectivity index (χ4n) is 14.0. The Hall–Kier alpha value is -11.0. The predicted molar refractivity (Wildman–Crippen MR) is 372 cm³/mol. The van der Waals surface area contributed by atoms with Gasteiger partial charge in [-0.15, -0.1) is 56.7 Å². The summed E-state index contributed by atoms with van der Waals surface area (Å²) in [7, 11) is 1.59. The maximum atomic E-state index is 14.2. The summed E-state index contributed by atoms with van der Waals surface area (Å²) in [4.78, 5) is 52.0.